The number of aliphatic hydroxyl groups excluding tert-OH is 2. The highest BCUT2D eigenvalue weighted by molar-refractivity contribution is 6.99. The summed E-state index contributed by atoms with van der Waals surface area (Å²) >= 11 is 0. The Labute approximate surface area is 360 Å². The van der Waals surface area contributed by atoms with Crippen LogP contribution >= 0.6 is 0 Å². The molecule has 2 fully saturated rings. The summed E-state index contributed by atoms with van der Waals surface area (Å²) in [5.74, 6) is -2.30. The van der Waals surface area contributed by atoms with Gasteiger partial charge >= 0.3 is 0 Å². The van der Waals surface area contributed by atoms with E-state index in [-0.39, 0.29) is 54.7 Å². The van der Waals surface area contributed by atoms with Gasteiger partial charge in [-0.3, -0.25) is 19.5 Å². The standard InChI is InChI=1S/C52H58N2O6Si/c1-52(2,3)61(39-19-9-5-10-20-39,40-21-11-6-12-22-40)60-34-37-32-43-49(51(59)54(50(43)58)38-17-7-4-8-18-38)44(33-55)48(37)47(57)29-27-36(45-25-15-16-30-53-45)31-35-26-28-46(56)42-24-14-13-23-41(35)42/h5-6,9-16,19-26,28,30-31,38,43-44,47,49,55-57H,4,7-8,17-18,27,29,32-34H2,1-3H3/b36-31-/t43-,44+,47-,49-/m1/s1. The molecule has 61 heavy (non-hydrogen) atoms. The summed E-state index contributed by atoms with van der Waals surface area (Å²) in [4.78, 5) is 35.2. The number of phenols is 1. The van der Waals surface area contributed by atoms with E-state index in [1.165, 1.54) is 4.90 Å². The van der Waals surface area contributed by atoms with Crippen LogP contribution in [-0.4, -0.2) is 70.7 Å². The molecule has 0 spiro atoms. The Bertz CT molecular complexity index is 2370. The molecule has 0 radical (unpaired) electrons. The highest BCUT2D eigenvalue weighted by atomic mass is 28.4. The molecule has 0 unspecified atom stereocenters. The van der Waals surface area contributed by atoms with Gasteiger partial charge in [0.15, 0.2) is 0 Å². The number of hydrogen-bond acceptors (Lipinski definition) is 7. The molecule has 8 nitrogen and oxygen atoms in total. The normalized spacial score (nSPS) is 21.0. The molecule has 1 aromatic heterocycles. The summed E-state index contributed by atoms with van der Waals surface area (Å²) in [6.07, 6.45) is 8.40. The Balaban J connectivity index is 1.21. The average molecular weight is 835 g/mol. The number of carbonyl (C=O) groups is 2. The van der Waals surface area contributed by atoms with Crippen molar-refractivity contribution in [3.05, 3.63) is 144 Å². The zero-order valence-electron chi connectivity index (χ0n) is 35.5. The first kappa shape index (κ1) is 42.5. The summed E-state index contributed by atoms with van der Waals surface area (Å²) in [6.45, 7) is 6.44. The molecule has 3 N–H and O–H groups in total. The largest absolute Gasteiger partial charge is 0.507 e. The molecule has 2 heterocycles. The molecule has 3 aliphatic rings. The number of hydrogen-bond donors (Lipinski definition) is 3. The van der Waals surface area contributed by atoms with Crippen LogP contribution in [0.15, 0.2) is 133 Å². The number of phenolic OH excluding ortho intramolecular Hbond substituents is 1. The third kappa shape index (κ3) is 8.17. The van der Waals surface area contributed by atoms with Crippen molar-refractivity contribution < 1.29 is 29.3 Å². The summed E-state index contributed by atoms with van der Waals surface area (Å²) in [5.41, 5.74) is 3.97. The van der Waals surface area contributed by atoms with E-state index in [1.807, 2.05) is 84.9 Å². The highest BCUT2D eigenvalue weighted by Crippen LogP contribution is 2.49. The maximum Gasteiger partial charge on any atom is 0.261 e. The summed E-state index contributed by atoms with van der Waals surface area (Å²) < 4.78 is 7.49. The Morgan fingerprint density at radius 1 is 0.836 bits per heavy atom. The molecule has 8 rings (SSSR count). The number of benzene rings is 4. The molecule has 1 saturated heterocycles. The molecule has 2 aliphatic carbocycles. The van der Waals surface area contributed by atoms with Gasteiger partial charge in [-0.15, -0.1) is 0 Å². The van der Waals surface area contributed by atoms with Crippen LogP contribution in [0.4, 0.5) is 0 Å². The van der Waals surface area contributed by atoms with Crippen molar-refractivity contribution in [2.24, 2.45) is 17.8 Å². The van der Waals surface area contributed by atoms with Gasteiger partial charge in [0.2, 0.25) is 11.8 Å². The zero-order valence-corrected chi connectivity index (χ0v) is 36.5. The third-order valence-electron chi connectivity index (χ3n) is 13.5. The predicted molar refractivity (Wildman–Crippen MR) is 244 cm³/mol. The van der Waals surface area contributed by atoms with E-state index < -0.39 is 32.2 Å². The van der Waals surface area contributed by atoms with Gasteiger partial charge in [0.25, 0.3) is 8.32 Å². The lowest BCUT2D eigenvalue weighted by Gasteiger charge is -2.44. The number of aromatic hydroxyl groups is 1. The van der Waals surface area contributed by atoms with Crippen molar-refractivity contribution in [3.63, 3.8) is 0 Å². The maximum atomic E-state index is 14.5. The van der Waals surface area contributed by atoms with E-state index >= 15 is 0 Å². The van der Waals surface area contributed by atoms with E-state index in [0.717, 1.165) is 75.7 Å². The van der Waals surface area contributed by atoms with Crippen LogP contribution in [0, 0.1) is 17.8 Å². The van der Waals surface area contributed by atoms with E-state index in [4.69, 9.17) is 9.41 Å². The van der Waals surface area contributed by atoms with Gasteiger partial charge in [-0.05, 0) is 99.5 Å². The lowest BCUT2D eigenvalue weighted by molar-refractivity contribution is -0.143. The first-order chi connectivity index (χ1) is 29.5. The molecule has 316 valence electrons. The van der Waals surface area contributed by atoms with Gasteiger partial charge in [-0.25, -0.2) is 0 Å². The first-order valence-corrected chi connectivity index (χ1v) is 23.9. The topological polar surface area (TPSA) is 120 Å². The smallest absolute Gasteiger partial charge is 0.261 e. The number of allylic oxidation sites excluding steroid dienone is 1. The van der Waals surface area contributed by atoms with Crippen LogP contribution in [0.3, 0.4) is 0 Å². The van der Waals surface area contributed by atoms with Crippen molar-refractivity contribution >= 4 is 52.9 Å². The molecular weight excluding hydrogens is 777 g/mol. The predicted octanol–water partition coefficient (Wildman–Crippen LogP) is 8.44. The summed E-state index contributed by atoms with van der Waals surface area (Å²) in [7, 11) is -3.06. The number of fused-ring (bicyclic) bond motifs is 2. The number of rotatable bonds is 13. The van der Waals surface area contributed by atoms with E-state index in [9.17, 15) is 24.9 Å². The van der Waals surface area contributed by atoms with Crippen molar-refractivity contribution in [3.8, 4) is 5.75 Å². The van der Waals surface area contributed by atoms with Gasteiger partial charge in [0.05, 0.1) is 36.8 Å². The highest BCUT2D eigenvalue weighted by Gasteiger charge is 2.57. The fourth-order valence-electron chi connectivity index (χ4n) is 10.7. The number of carbonyl (C=O) groups excluding carboxylic acids is 2. The number of pyridine rings is 1. The molecule has 1 saturated carbocycles. The van der Waals surface area contributed by atoms with Crippen LogP contribution < -0.4 is 10.4 Å². The minimum atomic E-state index is -3.06. The first-order valence-electron chi connectivity index (χ1n) is 22.0. The second-order valence-electron chi connectivity index (χ2n) is 18.1. The number of aromatic nitrogens is 1. The molecule has 9 heteroatoms. The van der Waals surface area contributed by atoms with E-state index in [1.54, 1.807) is 12.3 Å². The Morgan fingerprint density at radius 3 is 2.10 bits per heavy atom. The Hall–Kier alpha value is -5.19. The monoisotopic (exact) mass is 834 g/mol. The quantitative estimate of drug-likeness (QED) is 0.0619. The van der Waals surface area contributed by atoms with Gasteiger partial charge in [-0.2, -0.15) is 0 Å². The Kier molecular flexibility index (Phi) is 12.6. The lowest BCUT2D eigenvalue weighted by atomic mass is 9.68. The van der Waals surface area contributed by atoms with Crippen molar-refractivity contribution in [1.82, 2.24) is 9.88 Å². The summed E-state index contributed by atoms with van der Waals surface area (Å²) in [6, 6.07) is 37.7. The molecule has 4 aromatic carbocycles. The number of likely N-dealkylation sites (tertiary alicyclic amines) is 1. The van der Waals surface area contributed by atoms with Gasteiger partial charge in [0.1, 0.15) is 5.75 Å². The second-order valence-corrected chi connectivity index (χ2v) is 22.4. The SMILES string of the molecule is CC(C)(C)[Si](OCC1=C([C@H](O)CC/C(=C/c2ccc(O)c3ccccc23)c2ccccn2)[C@H](CO)[C@@H]2C(=O)N(C3CCCCC3)C(=O)[C@@H]2C1)(c1ccccc1)c1ccccc1. The number of imide groups is 1. The number of nitrogens with zero attached hydrogens (tertiary/aromatic N) is 2. The van der Waals surface area contributed by atoms with Crippen LogP contribution in [0.1, 0.15) is 83.4 Å². The van der Waals surface area contributed by atoms with Crippen LogP contribution in [0.2, 0.25) is 5.04 Å². The minimum Gasteiger partial charge on any atom is -0.507 e. The Morgan fingerprint density at radius 2 is 1.48 bits per heavy atom. The molecule has 5 aromatic rings. The van der Waals surface area contributed by atoms with Crippen LogP contribution in [-0.2, 0) is 14.0 Å². The lowest BCUT2D eigenvalue weighted by Crippen LogP contribution is -2.66. The van der Waals surface area contributed by atoms with Gasteiger partial charge in [-0.1, -0.05) is 137 Å². The maximum absolute atomic E-state index is 14.5. The number of aliphatic hydroxyl groups is 2. The molecular formula is C52H58N2O6Si. The van der Waals surface area contributed by atoms with E-state index in [2.05, 4.69) is 51.1 Å². The fourth-order valence-corrected chi connectivity index (χ4v) is 15.2. The zero-order chi connectivity index (χ0) is 42.7. The van der Waals surface area contributed by atoms with Crippen molar-refractivity contribution in [2.45, 2.75) is 89.3 Å². The average Bonchev–Trinajstić information content (AvgIpc) is 3.54. The second kappa shape index (κ2) is 18.0. The van der Waals surface area contributed by atoms with Gasteiger partial charge in [0, 0.05) is 23.5 Å². The third-order valence-corrected chi connectivity index (χ3v) is 18.5. The van der Waals surface area contributed by atoms with Crippen molar-refractivity contribution in [2.75, 3.05) is 13.2 Å². The van der Waals surface area contributed by atoms with Gasteiger partial charge < -0.3 is 19.7 Å². The van der Waals surface area contributed by atoms with Crippen LogP contribution in [0.5, 0.6) is 5.75 Å². The minimum absolute atomic E-state index is 0.133. The fraction of sp³-hybridized carbons (Fsp3) is 0.365. The summed E-state index contributed by atoms with van der Waals surface area (Å²) in [5, 5.41) is 38.2. The van der Waals surface area contributed by atoms with E-state index in [0.29, 0.717) is 12.0 Å². The molecule has 4 atom stereocenters. The molecule has 2 amide bonds. The van der Waals surface area contributed by atoms with Crippen LogP contribution in [0.25, 0.3) is 22.4 Å². The molecule has 1 aliphatic heterocycles. The van der Waals surface area contributed by atoms with Crippen molar-refractivity contribution in [1.29, 1.82) is 0 Å². The number of amides is 2. The molecule has 0 bridgehead atoms.